The van der Waals surface area contributed by atoms with Crippen molar-refractivity contribution in [1.29, 1.82) is 0 Å². The third kappa shape index (κ3) is 6.78. The Balaban J connectivity index is 1.55. The first-order valence-electron chi connectivity index (χ1n) is 10.9. The number of carbonyl (C=O) groups is 1. The van der Waals surface area contributed by atoms with Crippen molar-refractivity contribution in [2.45, 2.75) is 43.7 Å². The average Bonchev–Trinajstić information content (AvgIpc) is 2.73. The second-order valence-electron chi connectivity index (χ2n) is 8.66. The van der Waals surface area contributed by atoms with Gasteiger partial charge >= 0.3 is 6.18 Å². The van der Waals surface area contributed by atoms with Crippen molar-refractivity contribution in [1.82, 2.24) is 4.31 Å². The van der Waals surface area contributed by atoms with E-state index in [1.165, 1.54) is 40.7 Å². The third-order valence-corrected chi connectivity index (χ3v) is 7.26. The number of benzene rings is 2. The number of halogens is 3. The molecule has 3 unspecified atom stereocenters. The lowest BCUT2D eigenvalue weighted by Gasteiger charge is -2.34. The van der Waals surface area contributed by atoms with Crippen LogP contribution in [0.1, 0.15) is 25.0 Å². The van der Waals surface area contributed by atoms with E-state index in [-0.39, 0.29) is 42.6 Å². The van der Waals surface area contributed by atoms with Gasteiger partial charge in [-0.1, -0.05) is 12.1 Å². The number of amides is 1. The molecule has 2 aromatic carbocycles. The SMILES string of the molecule is CC1CN(S(=O)(=O)c2ccc(NC(=O)C[NH+](C)Cc3ccc(C(F)(F)F)cc3)cc2)CC(C)O1. The summed E-state index contributed by atoms with van der Waals surface area (Å²) in [6.07, 6.45) is -4.77. The fourth-order valence-electron chi connectivity index (χ4n) is 3.89. The molecule has 3 atom stereocenters. The summed E-state index contributed by atoms with van der Waals surface area (Å²) >= 11 is 0. The number of morpholine rings is 1. The molecule has 1 aliphatic heterocycles. The van der Waals surface area contributed by atoms with Gasteiger partial charge in [-0.2, -0.15) is 17.5 Å². The van der Waals surface area contributed by atoms with Crippen LogP contribution in [0.15, 0.2) is 53.4 Å². The summed E-state index contributed by atoms with van der Waals surface area (Å²) in [6.45, 7) is 4.67. The predicted molar refractivity (Wildman–Crippen MR) is 121 cm³/mol. The number of rotatable bonds is 7. The van der Waals surface area contributed by atoms with Crippen LogP contribution < -0.4 is 10.2 Å². The zero-order valence-corrected chi connectivity index (χ0v) is 20.0. The lowest BCUT2D eigenvalue weighted by Crippen LogP contribution is -3.08. The van der Waals surface area contributed by atoms with Gasteiger partial charge in [-0.05, 0) is 50.2 Å². The highest BCUT2D eigenvalue weighted by Gasteiger charge is 2.32. The molecule has 1 aliphatic rings. The molecule has 1 heterocycles. The van der Waals surface area contributed by atoms with Crippen molar-refractivity contribution >= 4 is 21.6 Å². The van der Waals surface area contributed by atoms with Crippen LogP contribution in [0.2, 0.25) is 0 Å². The number of hydrogen-bond acceptors (Lipinski definition) is 4. The standard InChI is InChI=1S/C23H28F3N3O4S/c1-16-12-29(13-17(2)33-16)34(31,32)21-10-8-20(9-11-21)27-22(30)15-28(3)14-18-4-6-19(7-5-18)23(24,25)26/h4-11,16-17H,12-15H2,1-3H3,(H,27,30)/p+1. The summed E-state index contributed by atoms with van der Waals surface area (Å²) in [7, 11) is -1.91. The van der Waals surface area contributed by atoms with Crippen LogP contribution in [0.3, 0.4) is 0 Å². The monoisotopic (exact) mass is 500 g/mol. The number of alkyl halides is 3. The van der Waals surface area contributed by atoms with Crippen molar-refractivity contribution < 1.29 is 36.0 Å². The molecule has 0 aliphatic carbocycles. The van der Waals surface area contributed by atoms with Crippen LogP contribution in [0, 0.1) is 0 Å². The van der Waals surface area contributed by atoms with E-state index in [1.54, 1.807) is 7.05 Å². The summed E-state index contributed by atoms with van der Waals surface area (Å²) in [6, 6.07) is 10.8. The Morgan fingerprint density at radius 3 is 2.15 bits per heavy atom. The maximum Gasteiger partial charge on any atom is 0.416 e. The normalized spacial score (nSPS) is 20.6. The molecular weight excluding hydrogens is 471 g/mol. The van der Waals surface area contributed by atoms with Crippen LogP contribution in [0.5, 0.6) is 0 Å². The highest BCUT2D eigenvalue weighted by Crippen LogP contribution is 2.29. The topological polar surface area (TPSA) is 80.2 Å². The molecule has 1 fully saturated rings. The van der Waals surface area contributed by atoms with Crippen molar-refractivity contribution in [2.24, 2.45) is 0 Å². The first kappa shape index (κ1) is 26.1. The van der Waals surface area contributed by atoms with Gasteiger partial charge in [-0.15, -0.1) is 0 Å². The summed E-state index contributed by atoms with van der Waals surface area (Å²) in [5.41, 5.74) is 0.421. The summed E-state index contributed by atoms with van der Waals surface area (Å²) in [4.78, 5) is 13.3. The van der Waals surface area contributed by atoms with E-state index in [9.17, 15) is 26.4 Å². The van der Waals surface area contributed by atoms with Crippen LogP contribution in [-0.2, 0) is 32.3 Å². The summed E-state index contributed by atoms with van der Waals surface area (Å²) in [5.74, 6) is -0.296. The molecule has 0 bridgehead atoms. The smallest absolute Gasteiger partial charge is 0.373 e. The van der Waals surface area contributed by atoms with Crippen molar-refractivity contribution in [3.63, 3.8) is 0 Å². The Morgan fingerprint density at radius 2 is 1.62 bits per heavy atom. The lowest BCUT2D eigenvalue weighted by molar-refractivity contribution is -0.885. The number of ether oxygens (including phenoxy) is 1. The summed E-state index contributed by atoms with van der Waals surface area (Å²) < 4.78 is 70.9. The van der Waals surface area contributed by atoms with Gasteiger partial charge in [-0.3, -0.25) is 4.79 Å². The highest BCUT2D eigenvalue weighted by molar-refractivity contribution is 7.89. The quantitative estimate of drug-likeness (QED) is 0.611. The van der Waals surface area contributed by atoms with E-state index in [4.69, 9.17) is 4.74 Å². The van der Waals surface area contributed by atoms with Gasteiger partial charge in [-0.25, -0.2) is 8.42 Å². The van der Waals surface area contributed by atoms with Crippen LogP contribution in [0.4, 0.5) is 18.9 Å². The molecule has 34 heavy (non-hydrogen) atoms. The van der Waals surface area contributed by atoms with E-state index >= 15 is 0 Å². The minimum absolute atomic E-state index is 0.0879. The Kier molecular flexibility index (Phi) is 8.02. The van der Waals surface area contributed by atoms with Gasteiger partial charge in [0.15, 0.2) is 6.54 Å². The second kappa shape index (κ2) is 10.4. The Bertz CT molecular complexity index is 1080. The van der Waals surface area contributed by atoms with E-state index in [1.807, 2.05) is 13.8 Å². The molecule has 2 aromatic rings. The minimum Gasteiger partial charge on any atom is -0.373 e. The maximum atomic E-state index is 12.9. The van der Waals surface area contributed by atoms with E-state index < -0.39 is 21.8 Å². The van der Waals surface area contributed by atoms with Gasteiger partial charge in [0, 0.05) is 24.3 Å². The minimum atomic E-state index is -4.38. The first-order chi connectivity index (χ1) is 15.8. The van der Waals surface area contributed by atoms with Crippen molar-refractivity contribution in [2.75, 3.05) is 32.0 Å². The van der Waals surface area contributed by atoms with Crippen LogP contribution in [0.25, 0.3) is 0 Å². The molecule has 7 nitrogen and oxygen atoms in total. The van der Waals surface area contributed by atoms with E-state index in [0.717, 1.165) is 17.0 Å². The average molecular weight is 501 g/mol. The molecule has 1 amide bonds. The Morgan fingerprint density at radius 1 is 1.06 bits per heavy atom. The zero-order chi connectivity index (χ0) is 25.1. The predicted octanol–water partition coefficient (Wildman–Crippen LogP) is 2.16. The maximum absolute atomic E-state index is 12.9. The zero-order valence-electron chi connectivity index (χ0n) is 19.2. The molecule has 0 radical (unpaired) electrons. The Labute approximate surface area is 197 Å². The number of quaternary nitrogens is 1. The lowest BCUT2D eigenvalue weighted by atomic mass is 10.1. The molecule has 0 saturated carbocycles. The van der Waals surface area contributed by atoms with Gasteiger partial charge in [0.1, 0.15) is 6.54 Å². The largest absolute Gasteiger partial charge is 0.416 e. The van der Waals surface area contributed by atoms with Crippen molar-refractivity contribution in [3.05, 3.63) is 59.7 Å². The third-order valence-electron chi connectivity index (χ3n) is 5.41. The van der Waals surface area contributed by atoms with Gasteiger partial charge < -0.3 is 15.0 Å². The molecule has 0 aromatic heterocycles. The van der Waals surface area contributed by atoms with Gasteiger partial charge in [0.2, 0.25) is 10.0 Å². The van der Waals surface area contributed by atoms with Crippen LogP contribution in [-0.4, -0.2) is 57.5 Å². The highest BCUT2D eigenvalue weighted by atomic mass is 32.2. The number of likely N-dealkylation sites (N-methyl/N-ethyl adjacent to an activating group) is 1. The fourth-order valence-corrected chi connectivity index (χ4v) is 5.48. The number of anilines is 1. The van der Waals surface area contributed by atoms with Gasteiger partial charge in [0.25, 0.3) is 5.91 Å². The van der Waals surface area contributed by atoms with Gasteiger partial charge in [0.05, 0.1) is 29.7 Å². The molecule has 3 rings (SSSR count). The summed E-state index contributed by atoms with van der Waals surface area (Å²) in [5, 5.41) is 2.72. The van der Waals surface area contributed by atoms with E-state index in [2.05, 4.69) is 5.32 Å². The molecular formula is C23H29F3N3O4S+. The number of hydrogen-bond donors (Lipinski definition) is 2. The van der Waals surface area contributed by atoms with Crippen LogP contribution >= 0.6 is 0 Å². The van der Waals surface area contributed by atoms with Crippen molar-refractivity contribution in [3.8, 4) is 0 Å². The number of nitrogens with zero attached hydrogens (tertiary/aromatic N) is 1. The number of nitrogens with one attached hydrogen (secondary N) is 2. The molecule has 11 heteroatoms. The number of carbonyl (C=O) groups excluding carboxylic acids is 1. The first-order valence-corrected chi connectivity index (χ1v) is 12.3. The second-order valence-corrected chi connectivity index (χ2v) is 10.6. The molecule has 2 N–H and O–H groups in total. The fraction of sp³-hybridized carbons (Fsp3) is 0.435. The Hall–Kier alpha value is -2.47. The molecule has 1 saturated heterocycles. The number of sulfonamides is 1. The molecule has 186 valence electrons. The molecule has 0 spiro atoms. The van der Waals surface area contributed by atoms with E-state index in [0.29, 0.717) is 17.8 Å².